The Morgan fingerprint density at radius 3 is 1.67 bits per heavy atom. The van der Waals surface area contributed by atoms with Gasteiger partial charge in [-0.2, -0.15) is 5.69 Å². The van der Waals surface area contributed by atoms with E-state index in [2.05, 4.69) is 33.8 Å². The molecule has 20 heteroatoms. The van der Waals surface area contributed by atoms with Crippen molar-refractivity contribution in [2.45, 2.75) is 92.5 Å². The first kappa shape index (κ1) is 64.1. The number of carbonyl (C=O) groups is 2. The van der Waals surface area contributed by atoms with Crippen LogP contribution < -0.4 is 20.2 Å². The molecule has 5 N–H and O–H groups in total. The second kappa shape index (κ2) is 36.8. The van der Waals surface area contributed by atoms with Crippen LogP contribution in [0.25, 0.3) is 6.08 Å². The minimum Gasteiger partial charge on any atom is -0.661 e. The molecule has 0 spiro atoms. The maximum atomic E-state index is 9.88. The van der Waals surface area contributed by atoms with Crippen molar-refractivity contribution < 1.29 is 103 Å². The van der Waals surface area contributed by atoms with Crippen LogP contribution >= 0.6 is 0 Å². The first-order valence-corrected chi connectivity index (χ1v) is 24.3. The van der Waals surface area contributed by atoms with Crippen molar-refractivity contribution in [2.24, 2.45) is 25.7 Å². The maximum Gasteiger partial charge on any atom is 0.300 e. The van der Waals surface area contributed by atoms with Crippen molar-refractivity contribution in [3.8, 4) is 11.5 Å². The number of aliphatic hydroxyl groups is 1. The summed E-state index contributed by atoms with van der Waals surface area (Å²) in [5.74, 6) is -0.700. The van der Waals surface area contributed by atoms with Gasteiger partial charge in [0, 0.05) is 86.7 Å². The number of fused-ring (bicyclic) bond motifs is 5. The summed E-state index contributed by atoms with van der Waals surface area (Å²) in [5.41, 5.74) is 18.6. The van der Waals surface area contributed by atoms with Crippen molar-refractivity contribution in [1.29, 1.82) is 0 Å². The molecule has 402 valence electrons. The molecule has 5 rings (SSSR count). The molecule has 0 radical (unpaired) electrons. The molecular weight excluding hydrogens is 1070 g/mol. The standard InChI is InChI=1S/C48H69N6O9.2C2H4O2.Gd/c1-7-35-36(8-2)40-28-42-38(12-10-14-55)34(4)46(54-42)32-51-44-30-48(63-26-24-61-22-20-59-18-16-57-6)47(62-25-23-60-21-19-58-17-15-56-5)29-43(44)50-31-45-33(3)37(11-9-13-49)41(53-45)27-39(35)52-40;2*1-2(3)4;/h27,29-32,42,55H,7-26,28,49H2,1-6H3;2*1H3,(H,3,4);/q-1;;;/b41-27-,50-31?,51-32?;;;. The number of aliphatic carboxylic acids is 2. The fourth-order valence-electron chi connectivity index (χ4n) is 7.75. The van der Waals surface area contributed by atoms with E-state index in [4.69, 9.17) is 88.4 Å². The quantitative estimate of drug-likeness (QED) is 0.0664. The molecule has 1 aromatic carbocycles. The number of methoxy groups -OCH3 is 2. The van der Waals surface area contributed by atoms with E-state index in [1.165, 1.54) is 16.7 Å². The van der Waals surface area contributed by atoms with Crippen LogP contribution in [0.5, 0.6) is 11.5 Å². The normalized spacial score (nSPS) is 15.5. The largest absolute Gasteiger partial charge is 0.661 e. The zero-order valence-electron chi connectivity index (χ0n) is 43.4. The van der Waals surface area contributed by atoms with Gasteiger partial charge in [0.1, 0.15) is 13.2 Å². The summed E-state index contributed by atoms with van der Waals surface area (Å²) in [7, 11) is 3.28. The van der Waals surface area contributed by atoms with Gasteiger partial charge in [0.15, 0.2) is 11.5 Å². The Morgan fingerprint density at radius 2 is 1.19 bits per heavy atom. The van der Waals surface area contributed by atoms with Gasteiger partial charge in [-0.15, -0.1) is 5.69 Å². The molecule has 1 atom stereocenters. The van der Waals surface area contributed by atoms with Gasteiger partial charge in [-0.3, -0.25) is 24.6 Å². The topological polar surface area (TPSA) is 258 Å². The van der Waals surface area contributed by atoms with E-state index in [1.807, 2.05) is 18.3 Å². The van der Waals surface area contributed by atoms with Gasteiger partial charge < -0.3 is 63.9 Å². The van der Waals surface area contributed by atoms with Gasteiger partial charge in [-0.05, 0) is 87.6 Å². The van der Waals surface area contributed by atoms with E-state index < -0.39 is 11.9 Å². The van der Waals surface area contributed by atoms with E-state index in [1.54, 1.807) is 20.4 Å². The third kappa shape index (κ3) is 22.2. The van der Waals surface area contributed by atoms with Crippen LogP contribution in [0.4, 0.5) is 11.4 Å². The van der Waals surface area contributed by atoms with E-state index in [-0.39, 0.29) is 65.8 Å². The summed E-state index contributed by atoms with van der Waals surface area (Å²) < 4.78 is 45.4. The number of benzene rings is 1. The summed E-state index contributed by atoms with van der Waals surface area (Å²) in [6, 6.07) is 3.56. The van der Waals surface area contributed by atoms with Crippen LogP contribution in [-0.4, -0.2) is 164 Å². The van der Waals surface area contributed by atoms with Gasteiger partial charge in [-0.25, -0.2) is 4.99 Å². The van der Waals surface area contributed by atoms with E-state index in [0.29, 0.717) is 108 Å². The second-order valence-corrected chi connectivity index (χ2v) is 16.3. The number of hydrogen-bond donors (Lipinski definition) is 4. The fraction of sp³-hybridized carbons (Fsp3) is 0.577. The summed E-state index contributed by atoms with van der Waals surface area (Å²) in [5, 5.41) is 24.7. The first-order valence-electron chi connectivity index (χ1n) is 24.3. The number of carboxylic acids is 2. The van der Waals surface area contributed by atoms with E-state index in [9.17, 15) is 5.11 Å². The summed E-state index contributed by atoms with van der Waals surface area (Å²) in [6.45, 7) is 16.4. The number of allylic oxidation sites excluding steroid dienone is 3. The SMILES string of the molecule is CC(=O)O.CC(=O)O.CCc1c2[n-]c(c1CC)CC1N=C(C=Nc3cc(OCCOCCOCCOC)c(OCCOCCOCCOC)cc3N=CC3=N/C(=C\2)C(CCCN)=C3C)C(C)=C1CCCO.[Gd]. The number of nitrogens with two attached hydrogens (primary N) is 1. The van der Waals surface area contributed by atoms with Crippen LogP contribution in [0, 0.1) is 39.9 Å². The van der Waals surface area contributed by atoms with Crippen LogP contribution in [0.2, 0.25) is 0 Å². The molecule has 19 nitrogen and oxygen atoms in total. The van der Waals surface area contributed by atoms with Crippen molar-refractivity contribution in [2.75, 3.05) is 107 Å². The summed E-state index contributed by atoms with van der Waals surface area (Å²) >= 11 is 0. The number of carboxylic acid groups (broad SMARTS) is 2. The molecule has 3 aliphatic heterocycles. The van der Waals surface area contributed by atoms with Gasteiger partial charge in [-0.1, -0.05) is 31.1 Å². The second-order valence-electron chi connectivity index (χ2n) is 16.3. The molecular formula is C52H77GdN6O13-. The molecule has 3 aliphatic rings. The number of aliphatic imine (C=N–C) groups is 4. The zero-order chi connectivity index (χ0) is 52.0. The molecule has 0 aliphatic carbocycles. The molecule has 4 heterocycles. The van der Waals surface area contributed by atoms with Gasteiger partial charge in [0.2, 0.25) is 0 Å². The third-order valence-electron chi connectivity index (χ3n) is 11.1. The molecule has 0 amide bonds. The first-order chi connectivity index (χ1) is 34.3. The molecule has 72 heavy (non-hydrogen) atoms. The molecule has 1 unspecified atom stereocenters. The molecule has 6 bridgehead atoms. The Labute approximate surface area is 457 Å². The number of ether oxygens (including phenoxy) is 8. The van der Waals surface area contributed by atoms with E-state index >= 15 is 0 Å². The summed E-state index contributed by atoms with van der Waals surface area (Å²) in [4.78, 5) is 43.8. The zero-order valence-corrected chi connectivity index (χ0v) is 45.7. The van der Waals surface area contributed by atoms with Crippen LogP contribution in [0.1, 0.15) is 89.7 Å². The Bertz CT molecular complexity index is 2200. The van der Waals surface area contributed by atoms with Gasteiger partial charge >= 0.3 is 0 Å². The number of rotatable bonds is 28. The molecule has 0 fully saturated rings. The van der Waals surface area contributed by atoms with Crippen molar-refractivity contribution in [3.05, 3.63) is 62.6 Å². The average molecular weight is 1150 g/mol. The molecule has 2 aromatic rings. The number of hydrogen-bond acceptors (Lipinski definition) is 16. The van der Waals surface area contributed by atoms with Crippen molar-refractivity contribution in [1.82, 2.24) is 4.98 Å². The van der Waals surface area contributed by atoms with E-state index in [0.717, 1.165) is 91.2 Å². The van der Waals surface area contributed by atoms with Crippen molar-refractivity contribution >= 4 is 53.2 Å². The fourth-order valence-corrected chi connectivity index (χ4v) is 7.75. The molecule has 1 aromatic heterocycles. The molecule has 0 saturated carbocycles. The minimum absolute atomic E-state index is 0. The number of aromatic nitrogens is 1. The predicted molar refractivity (Wildman–Crippen MR) is 276 cm³/mol. The average Bonchev–Trinajstić information content (AvgIpc) is 3.94. The number of nitrogens with zero attached hydrogens (tertiary/aromatic N) is 5. The maximum absolute atomic E-state index is 9.88. The Morgan fingerprint density at radius 1 is 0.708 bits per heavy atom. The number of aliphatic hydroxyl groups excluding tert-OH is 1. The van der Waals surface area contributed by atoms with Crippen LogP contribution in [0.3, 0.4) is 0 Å². The van der Waals surface area contributed by atoms with Gasteiger partial charge in [0.05, 0.1) is 113 Å². The smallest absolute Gasteiger partial charge is 0.300 e. The van der Waals surface area contributed by atoms with Crippen LogP contribution in [0.15, 0.2) is 60.1 Å². The Kier molecular flexibility index (Phi) is 32.7. The van der Waals surface area contributed by atoms with Crippen LogP contribution in [-0.2, 0) is 57.3 Å². The third-order valence-corrected chi connectivity index (χ3v) is 11.1. The van der Waals surface area contributed by atoms with Gasteiger partial charge in [0.25, 0.3) is 11.9 Å². The molecule has 0 saturated heterocycles. The predicted octanol–water partition coefficient (Wildman–Crippen LogP) is 6.49. The monoisotopic (exact) mass is 1150 g/mol. The Balaban J connectivity index is 0.00000183. The minimum atomic E-state index is -0.833. The Hall–Kier alpha value is -4.06. The summed E-state index contributed by atoms with van der Waals surface area (Å²) in [6.07, 6.45) is 11.1. The van der Waals surface area contributed by atoms with Crippen molar-refractivity contribution in [3.63, 3.8) is 0 Å².